The Morgan fingerprint density at radius 1 is 1.25 bits per heavy atom. The van der Waals surface area contributed by atoms with Crippen LogP contribution in [0.5, 0.6) is 0 Å². The lowest BCUT2D eigenvalue weighted by Crippen LogP contribution is -2.14. The first-order valence-corrected chi connectivity index (χ1v) is 6.10. The number of nitrogens with two attached hydrogens (primary N) is 1. The standard InChI is InChI=1S/C15H23N/c1-5-12-8-7-9-13(10-12)15(16)14(6-2)11(3)4/h7-10,15H,5-6,16H2,1-4H3. The van der Waals surface area contributed by atoms with E-state index in [4.69, 9.17) is 5.73 Å². The number of hydrogen-bond acceptors (Lipinski definition) is 1. The lowest BCUT2D eigenvalue weighted by molar-refractivity contribution is 0.783. The van der Waals surface area contributed by atoms with E-state index in [-0.39, 0.29) is 6.04 Å². The fourth-order valence-corrected chi connectivity index (χ4v) is 2.09. The topological polar surface area (TPSA) is 26.0 Å². The van der Waals surface area contributed by atoms with Gasteiger partial charge in [0.15, 0.2) is 0 Å². The molecule has 0 amide bonds. The molecular weight excluding hydrogens is 194 g/mol. The van der Waals surface area contributed by atoms with Crippen LogP contribution < -0.4 is 5.73 Å². The van der Waals surface area contributed by atoms with Crippen LogP contribution in [0.25, 0.3) is 0 Å². The third kappa shape index (κ3) is 2.96. The predicted octanol–water partition coefficient (Wildman–Crippen LogP) is 4.00. The quantitative estimate of drug-likeness (QED) is 0.758. The van der Waals surface area contributed by atoms with E-state index in [1.165, 1.54) is 22.3 Å². The van der Waals surface area contributed by atoms with Crippen molar-refractivity contribution in [2.75, 3.05) is 0 Å². The van der Waals surface area contributed by atoms with Gasteiger partial charge in [-0.05, 0) is 37.8 Å². The van der Waals surface area contributed by atoms with Crippen LogP contribution in [0.4, 0.5) is 0 Å². The third-order valence-electron chi connectivity index (χ3n) is 3.12. The van der Waals surface area contributed by atoms with Crippen LogP contribution in [-0.2, 0) is 6.42 Å². The van der Waals surface area contributed by atoms with Gasteiger partial charge in [0.25, 0.3) is 0 Å². The normalized spacial score (nSPS) is 12.3. The molecule has 0 radical (unpaired) electrons. The molecule has 0 saturated carbocycles. The summed E-state index contributed by atoms with van der Waals surface area (Å²) in [6.45, 7) is 8.63. The Morgan fingerprint density at radius 3 is 2.44 bits per heavy atom. The number of rotatable bonds is 4. The molecule has 0 aromatic heterocycles. The summed E-state index contributed by atoms with van der Waals surface area (Å²) >= 11 is 0. The molecule has 1 heteroatoms. The van der Waals surface area contributed by atoms with Gasteiger partial charge in [0.2, 0.25) is 0 Å². The molecule has 0 heterocycles. The highest BCUT2D eigenvalue weighted by Gasteiger charge is 2.11. The Bertz CT molecular complexity index is 373. The SMILES string of the molecule is CCC(=C(C)C)C(N)c1cccc(CC)c1. The van der Waals surface area contributed by atoms with Crippen LogP contribution in [0, 0.1) is 0 Å². The molecule has 16 heavy (non-hydrogen) atoms. The monoisotopic (exact) mass is 217 g/mol. The summed E-state index contributed by atoms with van der Waals surface area (Å²) in [4.78, 5) is 0. The van der Waals surface area contributed by atoms with E-state index in [1.54, 1.807) is 0 Å². The summed E-state index contributed by atoms with van der Waals surface area (Å²) in [5.41, 5.74) is 11.6. The summed E-state index contributed by atoms with van der Waals surface area (Å²) in [5.74, 6) is 0. The van der Waals surface area contributed by atoms with Gasteiger partial charge in [-0.3, -0.25) is 0 Å². The lowest BCUT2D eigenvalue weighted by Gasteiger charge is -2.18. The van der Waals surface area contributed by atoms with E-state index >= 15 is 0 Å². The van der Waals surface area contributed by atoms with Crippen LogP contribution in [0.15, 0.2) is 35.4 Å². The van der Waals surface area contributed by atoms with Gasteiger partial charge in [-0.15, -0.1) is 0 Å². The smallest absolute Gasteiger partial charge is 0.0513 e. The Morgan fingerprint density at radius 2 is 1.94 bits per heavy atom. The van der Waals surface area contributed by atoms with Gasteiger partial charge in [-0.25, -0.2) is 0 Å². The van der Waals surface area contributed by atoms with Crippen molar-refractivity contribution in [1.82, 2.24) is 0 Å². The molecule has 0 spiro atoms. The van der Waals surface area contributed by atoms with Gasteiger partial charge in [-0.1, -0.05) is 49.3 Å². The highest BCUT2D eigenvalue weighted by atomic mass is 14.6. The molecule has 0 aliphatic rings. The number of hydrogen-bond donors (Lipinski definition) is 1. The number of aryl methyl sites for hydroxylation is 1. The zero-order chi connectivity index (χ0) is 12.1. The Balaban J connectivity index is 3.04. The first-order valence-electron chi connectivity index (χ1n) is 6.10. The molecule has 0 aliphatic heterocycles. The Kier molecular flexibility index (Phi) is 4.75. The Hall–Kier alpha value is -1.08. The minimum atomic E-state index is 0.0569. The summed E-state index contributed by atoms with van der Waals surface area (Å²) in [6.07, 6.45) is 2.09. The van der Waals surface area contributed by atoms with E-state index in [1.807, 2.05) is 0 Å². The van der Waals surface area contributed by atoms with E-state index in [0.717, 1.165) is 12.8 Å². The minimum absolute atomic E-state index is 0.0569. The maximum atomic E-state index is 6.32. The molecule has 1 atom stereocenters. The molecule has 0 bridgehead atoms. The highest BCUT2D eigenvalue weighted by Crippen LogP contribution is 2.25. The summed E-state index contributed by atoms with van der Waals surface area (Å²) in [6, 6.07) is 8.67. The second-order valence-electron chi connectivity index (χ2n) is 4.46. The van der Waals surface area contributed by atoms with Crippen molar-refractivity contribution in [3.8, 4) is 0 Å². The average Bonchev–Trinajstić information content (AvgIpc) is 2.29. The molecule has 1 aromatic rings. The van der Waals surface area contributed by atoms with Crippen molar-refractivity contribution in [2.45, 2.75) is 46.6 Å². The summed E-state index contributed by atoms with van der Waals surface area (Å²) < 4.78 is 0. The van der Waals surface area contributed by atoms with Crippen molar-refractivity contribution in [3.05, 3.63) is 46.5 Å². The fourth-order valence-electron chi connectivity index (χ4n) is 2.09. The molecule has 1 nitrogen and oxygen atoms in total. The molecule has 0 fully saturated rings. The summed E-state index contributed by atoms with van der Waals surface area (Å²) in [5, 5.41) is 0. The van der Waals surface area contributed by atoms with Crippen molar-refractivity contribution in [1.29, 1.82) is 0 Å². The van der Waals surface area contributed by atoms with Crippen molar-refractivity contribution in [2.24, 2.45) is 5.73 Å². The van der Waals surface area contributed by atoms with Gasteiger partial charge in [0.05, 0.1) is 6.04 Å². The van der Waals surface area contributed by atoms with Crippen LogP contribution in [0.3, 0.4) is 0 Å². The molecule has 88 valence electrons. The molecule has 0 saturated heterocycles. The van der Waals surface area contributed by atoms with Gasteiger partial charge in [0, 0.05) is 0 Å². The maximum Gasteiger partial charge on any atom is 0.0513 e. The average molecular weight is 217 g/mol. The fraction of sp³-hybridized carbons (Fsp3) is 0.467. The van der Waals surface area contributed by atoms with Crippen LogP contribution in [0.1, 0.15) is 51.3 Å². The van der Waals surface area contributed by atoms with E-state index in [0.29, 0.717) is 0 Å². The first-order chi connectivity index (χ1) is 7.60. The first kappa shape index (κ1) is 13.0. The lowest BCUT2D eigenvalue weighted by atomic mass is 9.93. The molecule has 2 N–H and O–H groups in total. The van der Waals surface area contributed by atoms with Crippen molar-refractivity contribution >= 4 is 0 Å². The van der Waals surface area contributed by atoms with Crippen LogP contribution in [0.2, 0.25) is 0 Å². The van der Waals surface area contributed by atoms with Crippen molar-refractivity contribution in [3.63, 3.8) is 0 Å². The third-order valence-corrected chi connectivity index (χ3v) is 3.12. The second-order valence-corrected chi connectivity index (χ2v) is 4.46. The molecule has 1 aromatic carbocycles. The van der Waals surface area contributed by atoms with E-state index in [2.05, 4.69) is 52.0 Å². The predicted molar refractivity (Wildman–Crippen MR) is 71.4 cm³/mol. The molecular formula is C15H23N. The zero-order valence-corrected chi connectivity index (χ0v) is 10.9. The molecule has 1 rings (SSSR count). The minimum Gasteiger partial charge on any atom is -0.321 e. The van der Waals surface area contributed by atoms with Gasteiger partial charge in [0.1, 0.15) is 0 Å². The number of allylic oxidation sites excluding steroid dienone is 1. The van der Waals surface area contributed by atoms with Gasteiger partial charge < -0.3 is 5.73 Å². The second kappa shape index (κ2) is 5.86. The van der Waals surface area contributed by atoms with E-state index in [9.17, 15) is 0 Å². The zero-order valence-electron chi connectivity index (χ0n) is 10.9. The van der Waals surface area contributed by atoms with Crippen LogP contribution in [-0.4, -0.2) is 0 Å². The molecule has 1 unspecified atom stereocenters. The molecule has 0 aliphatic carbocycles. The van der Waals surface area contributed by atoms with Gasteiger partial charge >= 0.3 is 0 Å². The van der Waals surface area contributed by atoms with Gasteiger partial charge in [-0.2, -0.15) is 0 Å². The van der Waals surface area contributed by atoms with Crippen LogP contribution >= 0.6 is 0 Å². The largest absolute Gasteiger partial charge is 0.321 e. The van der Waals surface area contributed by atoms with Crippen molar-refractivity contribution < 1.29 is 0 Å². The maximum absolute atomic E-state index is 6.32. The number of benzene rings is 1. The highest BCUT2D eigenvalue weighted by molar-refractivity contribution is 5.32. The van der Waals surface area contributed by atoms with E-state index < -0.39 is 0 Å². The Labute approximate surface area is 99.4 Å². The summed E-state index contributed by atoms with van der Waals surface area (Å²) in [7, 11) is 0.